The predicted molar refractivity (Wildman–Crippen MR) is 136 cm³/mol. The van der Waals surface area contributed by atoms with Gasteiger partial charge < -0.3 is 13.9 Å². The van der Waals surface area contributed by atoms with Gasteiger partial charge in [-0.05, 0) is 66.9 Å². The number of methoxy groups -OCH3 is 1. The minimum Gasteiger partial charge on any atom is -0.493 e. The standard InChI is InChI=1S/C29H25NO5/c1-5-14-34-23-13-11-19(16-24(23)33-4)26-25-27(31)21-8-6-7-9-22(21)35-28(25)29(32)30(26)20-12-10-17(2)18(3)15-20/h5-13,15-16,26H,1,14H2,2-4H3. The number of hydrogen-bond acceptors (Lipinski definition) is 5. The molecule has 1 aromatic heterocycles. The first-order chi connectivity index (χ1) is 16.9. The molecule has 176 valence electrons. The Morgan fingerprint density at radius 3 is 2.54 bits per heavy atom. The number of carbonyl (C=O) groups excluding carboxylic acids is 1. The van der Waals surface area contributed by atoms with Crippen LogP contribution in [0.3, 0.4) is 0 Å². The Hall–Kier alpha value is -4.32. The number of carbonyl (C=O) groups is 1. The zero-order valence-electron chi connectivity index (χ0n) is 19.8. The van der Waals surface area contributed by atoms with Gasteiger partial charge in [0.1, 0.15) is 12.2 Å². The zero-order chi connectivity index (χ0) is 24.7. The molecule has 0 fully saturated rings. The molecule has 6 nitrogen and oxygen atoms in total. The van der Waals surface area contributed by atoms with Crippen molar-refractivity contribution in [2.24, 2.45) is 0 Å². The Morgan fingerprint density at radius 2 is 1.80 bits per heavy atom. The van der Waals surface area contributed by atoms with Gasteiger partial charge >= 0.3 is 0 Å². The Labute approximate surface area is 203 Å². The maximum Gasteiger partial charge on any atom is 0.295 e. The largest absolute Gasteiger partial charge is 0.493 e. The molecule has 1 unspecified atom stereocenters. The van der Waals surface area contributed by atoms with E-state index in [1.165, 1.54) is 0 Å². The molecule has 0 radical (unpaired) electrons. The lowest BCUT2D eigenvalue weighted by Crippen LogP contribution is -2.29. The topological polar surface area (TPSA) is 69.0 Å². The number of fused-ring (bicyclic) bond motifs is 2. The molecule has 5 rings (SSSR count). The first kappa shape index (κ1) is 22.5. The molecular weight excluding hydrogens is 442 g/mol. The molecule has 3 aromatic carbocycles. The highest BCUT2D eigenvalue weighted by Crippen LogP contribution is 2.43. The van der Waals surface area contributed by atoms with Gasteiger partial charge in [-0.1, -0.05) is 36.9 Å². The fourth-order valence-electron chi connectivity index (χ4n) is 4.50. The van der Waals surface area contributed by atoms with Crippen molar-refractivity contribution < 1.29 is 18.7 Å². The van der Waals surface area contributed by atoms with E-state index < -0.39 is 6.04 Å². The molecule has 1 atom stereocenters. The summed E-state index contributed by atoms with van der Waals surface area (Å²) in [5.74, 6) is 0.740. The van der Waals surface area contributed by atoms with Gasteiger partial charge in [0.2, 0.25) is 5.76 Å². The third-order valence-electron chi connectivity index (χ3n) is 6.41. The van der Waals surface area contributed by atoms with Crippen LogP contribution in [0.1, 0.15) is 38.9 Å². The first-order valence-corrected chi connectivity index (χ1v) is 11.3. The van der Waals surface area contributed by atoms with Gasteiger partial charge in [-0.15, -0.1) is 0 Å². The van der Waals surface area contributed by atoms with Gasteiger partial charge in [0, 0.05) is 5.69 Å². The van der Waals surface area contributed by atoms with Crippen molar-refractivity contribution in [3.05, 3.63) is 112 Å². The van der Waals surface area contributed by atoms with Crippen LogP contribution in [0.2, 0.25) is 0 Å². The van der Waals surface area contributed by atoms with Crippen molar-refractivity contribution in [1.29, 1.82) is 0 Å². The highest BCUT2D eigenvalue weighted by molar-refractivity contribution is 6.10. The summed E-state index contributed by atoms with van der Waals surface area (Å²) in [6, 6.07) is 17.5. The van der Waals surface area contributed by atoms with E-state index in [4.69, 9.17) is 13.9 Å². The molecule has 1 aliphatic rings. The van der Waals surface area contributed by atoms with E-state index in [1.54, 1.807) is 54.5 Å². The molecule has 0 saturated heterocycles. The number of rotatable bonds is 6. The monoisotopic (exact) mass is 467 g/mol. The Morgan fingerprint density at radius 1 is 1.00 bits per heavy atom. The van der Waals surface area contributed by atoms with E-state index >= 15 is 0 Å². The van der Waals surface area contributed by atoms with Gasteiger partial charge in [-0.3, -0.25) is 14.5 Å². The lowest BCUT2D eigenvalue weighted by molar-refractivity contribution is 0.0971. The maximum atomic E-state index is 13.8. The molecular formula is C29H25NO5. The van der Waals surface area contributed by atoms with Crippen LogP contribution in [0.5, 0.6) is 11.5 Å². The van der Waals surface area contributed by atoms with E-state index in [0.29, 0.717) is 45.9 Å². The lowest BCUT2D eigenvalue weighted by atomic mass is 9.97. The van der Waals surface area contributed by atoms with Crippen molar-refractivity contribution in [1.82, 2.24) is 0 Å². The van der Waals surface area contributed by atoms with Crippen LogP contribution in [-0.4, -0.2) is 19.6 Å². The van der Waals surface area contributed by atoms with Crippen LogP contribution in [0.25, 0.3) is 11.0 Å². The second-order valence-corrected chi connectivity index (χ2v) is 8.53. The summed E-state index contributed by atoms with van der Waals surface area (Å²) in [5, 5.41) is 0.434. The van der Waals surface area contributed by atoms with Gasteiger partial charge in [-0.25, -0.2) is 0 Å². The molecule has 0 aliphatic carbocycles. The molecule has 0 saturated carbocycles. The zero-order valence-corrected chi connectivity index (χ0v) is 19.8. The molecule has 0 bridgehead atoms. The first-order valence-electron chi connectivity index (χ1n) is 11.3. The Balaban J connectivity index is 1.76. The molecule has 4 aromatic rings. The second-order valence-electron chi connectivity index (χ2n) is 8.53. The lowest BCUT2D eigenvalue weighted by Gasteiger charge is -2.26. The van der Waals surface area contributed by atoms with Crippen molar-refractivity contribution in [3.63, 3.8) is 0 Å². The van der Waals surface area contributed by atoms with Gasteiger partial charge in [-0.2, -0.15) is 0 Å². The molecule has 0 N–H and O–H groups in total. The molecule has 0 spiro atoms. The van der Waals surface area contributed by atoms with E-state index in [-0.39, 0.29) is 17.1 Å². The quantitative estimate of drug-likeness (QED) is 0.339. The Kier molecular flexibility index (Phi) is 5.65. The molecule has 6 heteroatoms. The molecule has 35 heavy (non-hydrogen) atoms. The number of benzene rings is 3. The summed E-state index contributed by atoms with van der Waals surface area (Å²) in [6.45, 7) is 8.02. The summed E-state index contributed by atoms with van der Waals surface area (Å²) in [7, 11) is 1.55. The van der Waals surface area contributed by atoms with E-state index in [0.717, 1.165) is 11.1 Å². The predicted octanol–water partition coefficient (Wildman–Crippen LogP) is 5.73. The van der Waals surface area contributed by atoms with Gasteiger partial charge in [0.25, 0.3) is 5.91 Å². The minimum atomic E-state index is -0.692. The highest BCUT2D eigenvalue weighted by atomic mass is 16.5. The van der Waals surface area contributed by atoms with E-state index in [9.17, 15) is 9.59 Å². The van der Waals surface area contributed by atoms with Crippen LogP contribution in [0.15, 0.2) is 82.5 Å². The van der Waals surface area contributed by atoms with Crippen LogP contribution in [0, 0.1) is 13.8 Å². The number of ether oxygens (including phenoxy) is 2. The van der Waals surface area contributed by atoms with Crippen molar-refractivity contribution in [2.75, 3.05) is 18.6 Å². The number of para-hydroxylation sites is 1. The summed E-state index contributed by atoms with van der Waals surface area (Å²) in [6.07, 6.45) is 1.65. The fraction of sp³-hybridized carbons (Fsp3) is 0.172. The van der Waals surface area contributed by atoms with Crippen molar-refractivity contribution >= 4 is 22.6 Å². The number of nitrogens with zero attached hydrogens (tertiary/aromatic N) is 1. The van der Waals surface area contributed by atoms with Crippen LogP contribution in [0.4, 0.5) is 5.69 Å². The van der Waals surface area contributed by atoms with Crippen molar-refractivity contribution in [3.8, 4) is 11.5 Å². The average Bonchev–Trinajstić information content (AvgIpc) is 3.17. The number of amides is 1. The maximum absolute atomic E-state index is 13.8. The SMILES string of the molecule is C=CCOc1ccc(C2c3c(oc4ccccc4c3=O)C(=O)N2c2ccc(C)c(C)c2)cc1OC. The summed E-state index contributed by atoms with van der Waals surface area (Å²) in [4.78, 5) is 29.1. The second kappa shape index (κ2) is 8.80. The normalized spacial score (nSPS) is 14.8. The fourth-order valence-corrected chi connectivity index (χ4v) is 4.50. The number of aryl methyl sites for hydroxylation is 2. The Bertz CT molecular complexity index is 1530. The summed E-state index contributed by atoms with van der Waals surface area (Å²) in [5.41, 5.74) is 4.02. The number of anilines is 1. The third-order valence-corrected chi connectivity index (χ3v) is 6.41. The van der Waals surface area contributed by atoms with Gasteiger partial charge in [0.15, 0.2) is 16.9 Å². The van der Waals surface area contributed by atoms with Crippen LogP contribution in [-0.2, 0) is 0 Å². The minimum absolute atomic E-state index is 0.0582. The van der Waals surface area contributed by atoms with Crippen LogP contribution < -0.4 is 19.8 Å². The average molecular weight is 468 g/mol. The summed E-state index contributed by atoms with van der Waals surface area (Å²) < 4.78 is 17.3. The van der Waals surface area contributed by atoms with E-state index in [1.807, 2.05) is 38.1 Å². The van der Waals surface area contributed by atoms with Crippen LogP contribution >= 0.6 is 0 Å². The molecule has 1 amide bonds. The third kappa shape index (κ3) is 3.67. The smallest absolute Gasteiger partial charge is 0.295 e. The van der Waals surface area contributed by atoms with Crippen molar-refractivity contribution in [2.45, 2.75) is 19.9 Å². The molecule has 1 aliphatic heterocycles. The summed E-state index contributed by atoms with van der Waals surface area (Å²) >= 11 is 0. The van der Waals surface area contributed by atoms with E-state index in [2.05, 4.69) is 6.58 Å². The number of hydrogen-bond donors (Lipinski definition) is 0. The highest BCUT2D eigenvalue weighted by Gasteiger charge is 2.44. The molecule has 2 heterocycles. The van der Waals surface area contributed by atoms with Gasteiger partial charge in [0.05, 0.1) is 24.1 Å².